The molecule has 2 N–H and O–H groups in total. The summed E-state index contributed by atoms with van der Waals surface area (Å²) < 4.78 is 11.0. The van der Waals surface area contributed by atoms with Crippen LogP contribution in [0.3, 0.4) is 0 Å². The van der Waals surface area contributed by atoms with Crippen LogP contribution in [0.15, 0.2) is 6.07 Å². The first-order valence-electron chi connectivity index (χ1n) is 7.80. The molecule has 0 bridgehead atoms. The van der Waals surface area contributed by atoms with Gasteiger partial charge in [-0.3, -0.25) is 0 Å². The molecule has 0 aromatic carbocycles. The van der Waals surface area contributed by atoms with Gasteiger partial charge < -0.3 is 20.1 Å². The van der Waals surface area contributed by atoms with Gasteiger partial charge in [0.1, 0.15) is 18.2 Å². The van der Waals surface area contributed by atoms with Gasteiger partial charge in [0.05, 0.1) is 12.1 Å². The second-order valence-electron chi connectivity index (χ2n) is 5.23. The standard InChI is InChI=1S/C15H26N4O2/c1-4-7-16-13-9-14(17-12-6-8-21-11(12)3)19-15(18-13)10-20-5-2/h9,11-12H,4-8,10H2,1-3H3,(H2,16,17,18,19). The van der Waals surface area contributed by atoms with Crippen LogP contribution in [0.1, 0.15) is 39.4 Å². The van der Waals surface area contributed by atoms with E-state index in [0.29, 0.717) is 25.1 Å². The summed E-state index contributed by atoms with van der Waals surface area (Å²) in [7, 11) is 0. The van der Waals surface area contributed by atoms with Gasteiger partial charge in [-0.1, -0.05) is 6.92 Å². The molecule has 1 aromatic heterocycles. The summed E-state index contributed by atoms with van der Waals surface area (Å²) in [5, 5.41) is 6.76. The highest BCUT2D eigenvalue weighted by molar-refractivity contribution is 5.48. The van der Waals surface area contributed by atoms with Gasteiger partial charge in [0.25, 0.3) is 0 Å². The predicted octanol–water partition coefficient (Wildman–Crippen LogP) is 2.42. The molecule has 2 rings (SSSR count). The summed E-state index contributed by atoms with van der Waals surface area (Å²) in [5.41, 5.74) is 0. The Hall–Kier alpha value is -1.40. The summed E-state index contributed by atoms with van der Waals surface area (Å²) >= 11 is 0. The van der Waals surface area contributed by atoms with Crippen LogP contribution in [0.5, 0.6) is 0 Å². The van der Waals surface area contributed by atoms with Gasteiger partial charge in [0.15, 0.2) is 5.82 Å². The molecule has 118 valence electrons. The molecule has 0 spiro atoms. The highest BCUT2D eigenvalue weighted by Crippen LogP contribution is 2.19. The van der Waals surface area contributed by atoms with Crippen molar-refractivity contribution in [3.05, 3.63) is 11.9 Å². The molecule has 2 heterocycles. The van der Waals surface area contributed by atoms with E-state index in [0.717, 1.165) is 37.6 Å². The zero-order valence-electron chi connectivity index (χ0n) is 13.2. The molecule has 0 amide bonds. The number of nitrogens with one attached hydrogen (secondary N) is 2. The van der Waals surface area contributed by atoms with Crippen molar-refractivity contribution >= 4 is 11.6 Å². The van der Waals surface area contributed by atoms with E-state index in [-0.39, 0.29) is 6.10 Å². The lowest BCUT2D eigenvalue weighted by atomic mass is 10.1. The van der Waals surface area contributed by atoms with E-state index in [2.05, 4.69) is 34.4 Å². The van der Waals surface area contributed by atoms with Crippen LogP contribution in [-0.4, -0.2) is 41.9 Å². The summed E-state index contributed by atoms with van der Waals surface area (Å²) in [6, 6.07) is 2.26. The first kappa shape index (κ1) is 16.0. The molecule has 0 saturated carbocycles. The van der Waals surface area contributed by atoms with Crippen LogP contribution in [0.25, 0.3) is 0 Å². The minimum atomic E-state index is 0.211. The molecule has 1 aliphatic heterocycles. The summed E-state index contributed by atoms with van der Waals surface area (Å²) in [6.45, 7) is 8.98. The fourth-order valence-corrected chi connectivity index (χ4v) is 2.28. The molecular weight excluding hydrogens is 268 g/mol. The SMILES string of the molecule is CCCNc1cc(NC2CCOC2C)nc(COCC)n1. The van der Waals surface area contributed by atoms with E-state index in [1.54, 1.807) is 0 Å². The molecule has 1 saturated heterocycles. The quantitative estimate of drug-likeness (QED) is 0.767. The Morgan fingerprint density at radius 2 is 2.14 bits per heavy atom. The van der Waals surface area contributed by atoms with Gasteiger partial charge in [0, 0.05) is 25.8 Å². The zero-order chi connectivity index (χ0) is 15.1. The molecule has 1 aromatic rings. The topological polar surface area (TPSA) is 68.3 Å². The Labute approximate surface area is 126 Å². The van der Waals surface area contributed by atoms with Gasteiger partial charge >= 0.3 is 0 Å². The van der Waals surface area contributed by atoms with Crippen molar-refractivity contribution in [2.45, 2.75) is 52.4 Å². The molecular formula is C15H26N4O2. The van der Waals surface area contributed by atoms with Crippen molar-refractivity contribution in [2.24, 2.45) is 0 Å². The lowest BCUT2D eigenvalue weighted by Crippen LogP contribution is -2.27. The molecule has 2 unspecified atom stereocenters. The van der Waals surface area contributed by atoms with Crippen molar-refractivity contribution in [3.8, 4) is 0 Å². The first-order valence-corrected chi connectivity index (χ1v) is 7.80. The van der Waals surface area contributed by atoms with Gasteiger partial charge in [0.2, 0.25) is 0 Å². The van der Waals surface area contributed by atoms with Gasteiger partial charge in [-0.25, -0.2) is 9.97 Å². The Morgan fingerprint density at radius 1 is 1.33 bits per heavy atom. The maximum atomic E-state index is 5.58. The highest BCUT2D eigenvalue weighted by Gasteiger charge is 2.24. The van der Waals surface area contributed by atoms with Crippen molar-refractivity contribution in [2.75, 3.05) is 30.4 Å². The van der Waals surface area contributed by atoms with Crippen molar-refractivity contribution in [1.29, 1.82) is 0 Å². The van der Waals surface area contributed by atoms with E-state index >= 15 is 0 Å². The van der Waals surface area contributed by atoms with E-state index < -0.39 is 0 Å². The molecule has 2 atom stereocenters. The van der Waals surface area contributed by atoms with Crippen LogP contribution < -0.4 is 10.6 Å². The Bertz CT molecular complexity index is 415. The first-order chi connectivity index (χ1) is 10.2. The maximum Gasteiger partial charge on any atom is 0.158 e. The Kier molecular flexibility index (Phi) is 6.20. The third kappa shape index (κ3) is 4.82. The zero-order valence-corrected chi connectivity index (χ0v) is 13.2. The number of hydrogen-bond donors (Lipinski definition) is 2. The Morgan fingerprint density at radius 3 is 2.81 bits per heavy atom. The van der Waals surface area contributed by atoms with Gasteiger partial charge in [-0.15, -0.1) is 0 Å². The molecule has 0 radical (unpaired) electrons. The van der Waals surface area contributed by atoms with Crippen LogP contribution in [0, 0.1) is 0 Å². The largest absolute Gasteiger partial charge is 0.376 e. The van der Waals surface area contributed by atoms with Crippen molar-refractivity contribution in [1.82, 2.24) is 9.97 Å². The number of anilines is 2. The molecule has 1 fully saturated rings. The van der Waals surface area contributed by atoms with E-state index in [9.17, 15) is 0 Å². The monoisotopic (exact) mass is 294 g/mol. The van der Waals surface area contributed by atoms with Crippen LogP contribution in [0.4, 0.5) is 11.6 Å². The molecule has 1 aliphatic rings. The third-order valence-electron chi connectivity index (χ3n) is 3.47. The predicted molar refractivity (Wildman–Crippen MR) is 83.6 cm³/mol. The molecule has 0 aliphatic carbocycles. The number of hydrogen-bond acceptors (Lipinski definition) is 6. The minimum absolute atomic E-state index is 0.211. The fraction of sp³-hybridized carbons (Fsp3) is 0.733. The third-order valence-corrected chi connectivity index (χ3v) is 3.47. The Balaban J connectivity index is 2.09. The molecule has 6 nitrogen and oxygen atoms in total. The number of rotatable bonds is 8. The van der Waals surface area contributed by atoms with Crippen LogP contribution in [0.2, 0.25) is 0 Å². The van der Waals surface area contributed by atoms with Crippen LogP contribution >= 0.6 is 0 Å². The van der Waals surface area contributed by atoms with Gasteiger partial charge in [-0.2, -0.15) is 0 Å². The average molecular weight is 294 g/mol. The lowest BCUT2D eigenvalue weighted by molar-refractivity contribution is 0.121. The minimum Gasteiger partial charge on any atom is -0.376 e. The second-order valence-corrected chi connectivity index (χ2v) is 5.23. The average Bonchev–Trinajstić information content (AvgIpc) is 2.88. The van der Waals surface area contributed by atoms with Crippen molar-refractivity contribution < 1.29 is 9.47 Å². The second kappa shape index (κ2) is 8.14. The molecule has 6 heteroatoms. The summed E-state index contributed by atoms with van der Waals surface area (Å²) in [6.07, 6.45) is 2.27. The fourth-order valence-electron chi connectivity index (χ4n) is 2.28. The normalized spacial score (nSPS) is 21.5. The van der Waals surface area contributed by atoms with Crippen LogP contribution in [-0.2, 0) is 16.1 Å². The number of nitrogens with zero attached hydrogens (tertiary/aromatic N) is 2. The van der Waals surface area contributed by atoms with E-state index in [1.807, 2.05) is 13.0 Å². The lowest BCUT2D eigenvalue weighted by Gasteiger charge is -2.18. The highest BCUT2D eigenvalue weighted by atomic mass is 16.5. The summed E-state index contributed by atoms with van der Waals surface area (Å²) in [4.78, 5) is 9.02. The summed E-state index contributed by atoms with van der Waals surface area (Å²) in [5.74, 6) is 2.38. The molecule has 21 heavy (non-hydrogen) atoms. The maximum absolute atomic E-state index is 5.58. The van der Waals surface area contributed by atoms with E-state index in [4.69, 9.17) is 9.47 Å². The van der Waals surface area contributed by atoms with E-state index in [1.165, 1.54) is 0 Å². The van der Waals surface area contributed by atoms with Crippen molar-refractivity contribution in [3.63, 3.8) is 0 Å². The number of aromatic nitrogens is 2. The smallest absolute Gasteiger partial charge is 0.158 e. The number of ether oxygens (including phenoxy) is 2. The van der Waals surface area contributed by atoms with Gasteiger partial charge in [-0.05, 0) is 26.7 Å².